The van der Waals surface area contributed by atoms with Crippen LogP contribution in [-0.2, 0) is 11.2 Å². The fourth-order valence-electron chi connectivity index (χ4n) is 4.67. The third-order valence-corrected chi connectivity index (χ3v) is 6.41. The number of anilines is 1. The highest BCUT2D eigenvalue weighted by Crippen LogP contribution is 2.38. The molecule has 1 unspecified atom stereocenters. The quantitative estimate of drug-likeness (QED) is 0.603. The molecule has 4 rings (SSSR count). The van der Waals surface area contributed by atoms with Crippen LogP contribution in [-0.4, -0.2) is 71.0 Å². The first-order chi connectivity index (χ1) is 15.2. The molecule has 7 nitrogen and oxygen atoms in total. The molecule has 33 heavy (non-hydrogen) atoms. The maximum atomic E-state index is 6.26. The summed E-state index contributed by atoms with van der Waals surface area (Å²) in [6.07, 6.45) is 3.14. The minimum Gasteiger partial charge on any atom is -0.495 e. The lowest BCUT2D eigenvalue weighted by Crippen LogP contribution is -2.47. The maximum Gasteiger partial charge on any atom is 0.161 e. The van der Waals surface area contributed by atoms with Crippen LogP contribution in [0.2, 0.25) is 0 Å². The lowest BCUT2D eigenvalue weighted by molar-refractivity contribution is 0.0419. The Morgan fingerprint density at radius 1 is 0.909 bits per heavy atom. The first-order valence-electron chi connectivity index (χ1n) is 11.2. The van der Waals surface area contributed by atoms with Gasteiger partial charge in [-0.05, 0) is 54.7 Å². The summed E-state index contributed by atoms with van der Waals surface area (Å²) in [5.41, 5.74) is 3.76. The van der Waals surface area contributed by atoms with Gasteiger partial charge in [0.05, 0.1) is 33.1 Å². The Labute approximate surface area is 203 Å². The van der Waals surface area contributed by atoms with E-state index in [2.05, 4.69) is 34.1 Å². The highest BCUT2D eigenvalue weighted by atomic mass is 35.5. The molecule has 0 aliphatic carbocycles. The van der Waals surface area contributed by atoms with E-state index < -0.39 is 0 Å². The summed E-state index contributed by atoms with van der Waals surface area (Å²) >= 11 is 0. The summed E-state index contributed by atoms with van der Waals surface area (Å²) in [7, 11) is 5.13. The van der Waals surface area contributed by atoms with Gasteiger partial charge >= 0.3 is 0 Å². The van der Waals surface area contributed by atoms with E-state index in [-0.39, 0.29) is 24.0 Å². The van der Waals surface area contributed by atoms with Gasteiger partial charge in [-0.1, -0.05) is 12.1 Å². The molecule has 1 saturated heterocycles. The van der Waals surface area contributed by atoms with Crippen LogP contribution in [0, 0.1) is 0 Å². The van der Waals surface area contributed by atoms with Crippen molar-refractivity contribution in [1.29, 1.82) is 0 Å². The van der Waals surface area contributed by atoms with E-state index in [9.17, 15) is 0 Å². The smallest absolute Gasteiger partial charge is 0.161 e. The predicted octanol–water partition coefficient (Wildman–Crippen LogP) is 3.53. The topological polar surface area (TPSA) is 74.9 Å². The molecular weight excluding hydrogens is 444 g/mol. The van der Waals surface area contributed by atoms with E-state index in [4.69, 9.17) is 18.9 Å². The van der Waals surface area contributed by atoms with E-state index in [0.717, 1.165) is 75.8 Å². The van der Waals surface area contributed by atoms with Crippen LogP contribution in [0.15, 0.2) is 36.4 Å². The standard InChI is InChI=1S/C25H34N2O4.ClH.H2O/c1-28-23-9-5-4-8-21(23)27-14-12-26(13-15-27)11-10-22-20-18-25(30-3)24(29-2)17-19(20)7-6-16-31-22;;/h4-5,8-9,17-18,22H,6-7,10-16H2,1-3H3;1H;1H2. The number of nitrogens with zero attached hydrogens (tertiary/aromatic N) is 2. The monoisotopic (exact) mass is 480 g/mol. The van der Waals surface area contributed by atoms with E-state index in [0.29, 0.717) is 0 Å². The maximum absolute atomic E-state index is 6.26. The second-order valence-corrected chi connectivity index (χ2v) is 8.16. The largest absolute Gasteiger partial charge is 0.495 e. The molecule has 0 spiro atoms. The van der Waals surface area contributed by atoms with E-state index in [1.807, 2.05) is 12.1 Å². The second kappa shape index (κ2) is 12.9. The summed E-state index contributed by atoms with van der Waals surface area (Å²) in [5.74, 6) is 2.53. The molecule has 0 bridgehead atoms. The average molecular weight is 481 g/mol. The fourth-order valence-corrected chi connectivity index (χ4v) is 4.67. The molecule has 184 valence electrons. The number of hydrogen-bond acceptors (Lipinski definition) is 6. The number of fused-ring (bicyclic) bond motifs is 1. The molecule has 2 aromatic rings. The molecule has 2 heterocycles. The number of halogens is 1. The van der Waals surface area contributed by atoms with Gasteiger partial charge in [-0.15, -0.1) is 12.4 Å². The molecule has 2 N–H and O–H groups in total. The lowest BCUT2D eigenvalue weighted by atomic mass is 9.97. The van der Waals surface area contributed by atoms with Crippen LogP contribution in [0.5, 0.6) is 17.2 Å². The van der Waals surface area contributed by atoms with E-state index >= 15 is 0 Å². The van der Waals surface area contributed by atoms with Crippen molar-refractivity contribution < 1.29 is 24.4 Å². The number of rotatable bonds is 7. The van der Waals surface area contributed by atoms with Crippen LogP contribution in [0.25, 0.3) is 0 Å². The van der Waals surface area contributed by atoms with Gasteiger partial charge in [0.15, 0.2) is 11.5 Å². The Hall–Kier alpha value is -2.19. The van der Waals surface area contributed by atoms with Gasteiger partial charge in [0.2, 0.25) is 0 Å². The lowest BCUT2D eigenvalue weighted by Gasteiger charge is -2.37. The predicted molar refractivity (Wildman–Crippen MR) is 134 cm³/mol. The Kier molecular flexibility index (Phi) is 10.6. The normalized spacial score (nSPS) is 18.3. The number of benzene rings is 2. The molecule has 0 radical (unpaired) electrons. The van der Waals surface area contributed by atoms with Gasteiger partial charge in [-0.2, -0.15) is 0 Å². The van der Waals surface area contributed by atoms with Crippen molar-refractivity contribution in [1.82, 2.24) is 4.90 Å². The molecular formula is C25H37ClN2O5. The molecule has 0 saturated carbocycles. The Balaban J connectivity index is 0.00000193. The number of hydrogen-bond donors (Lipinski definition) is 0. The van der Waals surface area contributed by atoms with Crippen molar-refractivity contribution in [2.24, 2.45) is 0 Å². The molecule has 0 aromatic heterocycles. The van der Waals surface area contributed by atoms with Crippen LogP contribution < -0.4 is 19.1 Å². The number of ether oxygens (including phenoxy) is 4. The molecule has 0 amide bonds. The second-order valence-electron chi connectivity index (χ2n) is 8.16. The first-order valence-corrected chi connectivity index (χ1v) is 11.2. The van der Waals surface area contributed by atoms with Gasteiger partial charge in [0.25, 0.3) is 0 Å². The van der Waals surface area contributed by atoms with E-state index in [1.54, 1.807) is 21.3 Å². The third-order valence-electron chi connectivity index (χ3n) is 6.41. The number of para-hydroxylation sites is 2. The minimum absolute atomic E-state index is 0. The third kappa shape index (κ3) is 6.23. The number of piperazine rings is 1. The van der Waals surface area contributed by atoms with Crippen LogP contribution in [0.3, 0.4) is 0 Å². The first kappa shape index (κ1) is 27.1. The number of methoxy groups -OCH3 is 3. The zero-order chi connectivity index (χ0) is 21.6. The zero-order valence-electron chi connectivity index (χ0n) is 19.8. The highest BCUT2D eigenvalue weighted by Gasteiger charge is 2.25. The Morgan fingerprint density at radius 3 is 2.27 bits per heavy atom. The Morgan fingerprint density at radius 2 is 1.58 bits per heavy atom. The van der Waals surface area contributed by atoms with E-state index in [1.165, 1.54) is 16.8 Å². The highest BCUT2D eigenvalue weighted by molar-refractivity contribution is 5.85. The summed E-state index contributed by atoms with van der Waals surface area (Å²) in [4.78, 5) is 4.96. The minimum atomic E-state index is 0. The average Bonchev–Trinajstić information content (AvgIpc) is 3.03. The summed E-state index contributed by atoms with van der Waals surface area (Å²) in [5, 5.41) is 0. The van der Waals surface area contributed by atoms with Gasteiger partial charge < -0.3 is 29.3 Å². The molecule has 2 aromatic carbocycles. The van der Waals surface area contributed by atoms with Crippen molar-refractivity contribution in [2.75, 3.05) is 65.6 Å². The molecule has 1 atom stereocenters. The van der Waals surface area contributed by atoms with Crippen LogP contribution in [0.4, 0.5) is 5.69 Å². The molecule has 1 fully saturated rings. The van der Waals surface area contributed by atoms with Gasteiger partial charge in [0.1, 0.15) is 5.75 Å². The van der Waals surface area contributed by atoms with Gasteiger partial charge in [0, 0.05) is 39.3 Å². The fraction of sp³-hybridized carbons (Fsp3) is 0.520. The Bertz CT molecular complexity index is 874. The van der Waals surface area contributed by atoms with Crippen molar-refractivity contribution in [2.45, 2.75) is 25.4 Å². The van der Waals surface area contributed by atoms with Crippen LogP contribution in [0.1, 0.15) is 30.1 Å². The van der Waals surface area contributed by atoms with Crippen molar-refractivity contribution in [3.63, 3.8) is 0 Å². The summed E-state index contributed by atoms with van der Waals surface area (Å²) in [6, 6.07) is 12.5. The summed E-state index contributed by atoms with van der Waals surface area (Å²) in [6.45, 7) is 5.93. The number of aryl methyl sites for hydroxylation is 1. The zero-order valence-corrected chi connectivity index (χ0v) is 20.7. The molecule has 2 aliphatic heterocycles. The van der Waals surface area contributed by atoms with Crippen LogP contribution >= 0.6 is 12.4 Å². The van der Waals surface area contributed by atoms with Gasteiger partial charge in [-0.25, -0.2) is 0 Å². The SMILES string of the molecule is COc1cc2c(cc1OC)C(CCN1CCN(c3ccccc3OC)CC1)OCCC2.Cl.O. The summed E-state index contributed by atoms with van der Waals surface area (Å²) < 4.78 is 22.9. The van der Waals surface area contributed by atoms with Crippen molar-refractivity contribution in [3.8, 4) is 17.2 Å². The molecule has 2 aliphatic rings. The molecule has 8 heteroatoms. The van der Waals surface area contributed by atoms with Crippen molar-refractivity contribution >= 4 is 18.1 Å². The van der Waals surface area contributed by atoms with Gasteiger partial charge in [-0.3, -0.25) is 4.90 Å². The van der Waals surface area contributed by atoms with Crippen molar-refractivity contribution in [3.05, 3.63) is 47.5 Å².